The van der Waals surface area contributed by atoms with Gasteiger partial charge in [-0.3, -0.25) is 0 Å². The molecule has 0 bridgehead atoms. The monoisotopic (exact) mass is 426 g/mol. The summed E-state index contributed by atoms with van der Waals surface area (Å²) >= 11 is 0. The summed E-state index contributed by atoms with van der Waals surface area (Å²) in [6.45, 7) is 2.06. The van der Waals surface area contributed by atoms with Crippen molar-refractivity contribution >= 4 is 23.1 Å². The largest absolute Gasteiger partial charge is 0.421 e. The van der Waals surface area contributed by atoms with Crippen LogP contribution < -0.4 is 10.6 Å². The first kappa shape index (κ1) is 21.2. The van der Waals surface area contributed by atoms with Gasteiger partial charge >= 0.3 is 6.18 Å². The molecule has 1 saturated carbocycles. The van der Waals surface area contributed by atoms with Gasteiger partial charge in [0.15, 0.2) is 0 Å². The highest BCUT2D eigenvalue weighted by molar-refractivity contribution is 5.63. The Morgan fingerprint density at radius 3 is 2.13 bits per heavy atom. The highest BCUT2D eigenvalue weighted by Crippen LogP contribution is 2.37. The summed E-state index contributed by atoms with van der Waals surface area (Å²) in [4.78, 5) is 7.99. The molecule has 0 spiro atoms. The SMILES string of the molecule is CCc1ccc(Nc2ncc(C(F)(F)F)c(Nc3ccc(C4CCCC4)cc3)n2)cc1. The van der Waals surface area contributed by atoms with E-state index in [9.17, 15) is 13.2 Å². The quantitative estimate of drug-likeness (QED) is 0.437. The van der Waals surface area contributed by atoms with Crippen LogP contribution in [0.4, 0.5) is 36.3 Å². The van der Waals surface area contributed by atoms with E-state index in [1.165, 1.54) is 36.8 Å². The number of benzene rings is 2. The van der Waals surface area contributed by atoms with Crippen molar-refractivity contribution in [1.29, 1.82) is 0 Å². The number of rotatable bonds is 6. The molecule has 162 valence electrons. The molecule has 2 N–H and O–H groups in total. The predicted octanol–water partition coefficient (Wildman–Crippen LogP) is 7.20. The summed E-state index contributed by atoms with van der Waals surface area (Å²) in [6, 6.07) is 15.2. The summed E-state index contributed by atoms with van der Waals surface area (Å²) in [7, 11) is 0. The molecule has 0 amide bonds. The lowest BCUT2D eigenvalue weighted by molar-refractivity contribution is -0.137. The van der Waals surface area contributed by atoms with Crippen LogP contribution in [0.1, 0.15) is 55.2 Å². The maximum atomic E-state index is 13.5. The van der Waals surface area contributed by atoms with Crippen molar-refractivity contribution in [3.05, 3.63) is 71.4 Å². The molecule has 4 nitrogen and oxygen atoms in total. The molecule has 2 aromatic carbocycles. The lowest BCUT2D eigenvalue weighted by atomic mass is 9.97. The van der Waals surface area contributed by atoms with Crippen molar-refractivity contribution in [3.63, 3.8) is 0 Å². The van der Waals surface area contributed by atoms with E-state index < -0.39 is 11.7 Å². The second-order valence-electron chi connectivity index (χ2n) is 7.86. The minimum absolute atomic E-state index is 0.0994. The molecule has 0 radical (unpaired) electrons. The van der Waals surface area contributed by atoms with Crippen LogP contribution in [-0.2, 0) is 12.6 Å². The third-order valence-electron chi connectivity index (χ3n) is 5.71. The average molecular weight is 426 g/mol. The van der Waals surface area contributed by atoms with Crippen LogP contribution in [0.3, 0.4) is 0 Å². The van der Waals surface area contributed by atoms with E-state index in [1.807, 2.05) is 48.5 Å². The maximum absolute atomic E-state index is 13.5. The molecule has 0 unspecified atom stereocenters. The number of hydrogen-bond acceptors (Lipinski definition) is 4. The van der Waals surface area contributed by atoms with E-state index in [4.69, 9.17) is 0 Å². The van der Waals surface area contributed by atoms with Crippen molar-refractivity contribution in [2.75, 3.05) is 10.6 Å². The van der Waals surface area contributed by atoms with Crippen molar-refractivity contribution in [3.8, 4) is 0 Å². The molecular weight excluding hydrogens is 401 g/mol. The Morgan fingerprint density at radius 1 is 0.903 bits per heavy atom. The highest BCUT2D eigenvalue weighted by atomic mass is 19.4. The number of hydrogen-bond donors (Lipinski definition) is 2. The first-order valence-electron chi connectivity index (χ1n) is 10.6. The molecule has 1 aromatic heterocycles. The summed E-state index contributed by atoms with van der Waals surface area (Å²) < 4.78 is 40.6. The normalized spacial score (nSPS) is 14.6. The molecule has 31 heavy (non-hydrogen) atoms. The van der Waals surface area contributed by atoms with Crippen molar-refractivity contribution in [2.45, 2.75) is 51.1 Å². The lowest BCUT2D eigenvalue weighted by Gasteiger charge is -2.16. The minimum atomic E-state index is -4.56. The zero-order chi connectivity index (χ0) is 21.8. The Bertz CT molecular complexity index is 1010. The van der Waals surface area contributed by atoms with Crippen LogP contribution in [-0.4, -0.2) is 9.97 Å². The van der Waals surface area contributed by atoms with Gasteiger partial charge in [0.25, 0.3) is 0 Å². The van der Waals surface area contributed by atoms with E-state index in [0.717, 1.165) is 12.6 Å². The van der Waals surface area contributed by atoms with Crippen LogP contribution in [0.5, 0.6) is 0 Å². The summed E-state index contributed by atoms with van der Waals surface area (Å²) in [5.74, 6) is 0.375. The van der Waals surface area contributed by atoms with Crippen LogP contribution >= 0.6 is 0 Å². The fourth-order valence-electron chi connectivity index (χ4n) is 3.93. The van der Waals surface area contributed by atoms with Gasteiger partial charge in [-0.2, -0.15) is 18.2 Å². The molecule has 0 saturated heterocycles. The number of halogens is 3. The summed E-state index contributed by atoms with van der Waals surface area (Å²) in [5, 5.41) is 5.81. The number of aryl methyl sites for hydroxylation is 1. The number of nitrogens with one attached hydrogen (secondary N) is 2. The molecule has 1 aliphatic rings. The molecular formula is C24H25F3N4. The van der Waals surface area contributed by atoms with Crippen LogP contribution in [0, 0.1) is 0 Å². The van der Waals surface area contributed by atoms with Crippen molar-refractivity contribution in [2.24, 2.45) is 0 Å². The number of anilines is 4. The fourth-order valence-corrected chi connectivity index (χ4v) is 3.93. The molecule has 0 atom stereocenters. The standard InChI is InChI=1S/C24H25F3N4/c1-2-16-7-11-20(12-8-16)30-23-28-15-21(24(25,26)27)22(31-23)29-19-13-9-18(10-14-19)17-5-3-4-6-17/h7-15,17H,2-6H2,1H3,(H2,28,29,30,31). The van der Waals surface area contributed by atoms with Gasteiger partial charge < -0.3 is 10.6 Å². The summed E-state index contributed by atoms with van der Waals surface area (Å²) in [5.41, 5.74) is 2.77. The zero-order valence-electron chi connectivity index (χ0n) is 17.3. The minimum Gasteiger partial charge on any atom is -0.340 e. The average Bonchev–Trinajstić information content (AvgIpc) is 3.29. The topological polar surface area (TPSA) is 49.8 Å². The van der Waals surface area contributed by atoms with Gasteiger partial charge in [-0.25, -0.2) is 4.98 Å². The first-order valence-corrected chi connectivity index (χ1v) is 10.6. The lowest BCUT2D eigenvalue weighted by Crippen LogP contribution is -2.12. The van der Waals surface area contributed by atoms with E-state index in [0.29, 0.717) is 17.3 Å². The third kappa shape index (κ3) is 5.16. The zero-order valence-corrected chi connectivity index (χ0v) is 17.3. The number of aromatic nitrogens is 2. The Morgan fingerprint density at radius 2 is 1.52 bits per heavy atom. The van der Waals surface area contributed by atoms with Crippen LogP contribution in [0.2, 0.25) is 0 Å². The predicted molar refractivity (Wildman–Crippen MR) is 117 cm³/mol. The Labute approximate surface area is 179 Å². The van der Waals surface area contributed by atoms with Gasteiger partial charge in [0.1, 0.15) is 11.4 Å². The molecule has 4 rings (SSSR count). The fraction of sp³-hybridized carbons (Fsp3) is 0.333. The van der Waals surface area contributed by atoms with E-state index in [2.05, 4.69) is 27.5 Å². The maximum Gasteiger partial charge on any atom is 0.421 e. The third-order valence-corrected chi connectivity index (χ3v) is 5.71. The van der Waals surface area contributed by atoms with E-state index in [-0.39, 0.29) is 11.8 Å². The van der Waals surface area contributed by atoms with Gasteiger partial charge in [-0.05, 0) is 60.6 Å². The smallest absolute Gasteiger partial charge is 0.340 e. The highest BCUT2D eigenvalue weighted by Gasteiger charge is 2.35. The molecule has 1 aliphatic carbocycles. The van der Waals surface area contributed by atoms with Crippen LogP contribution in [0.25, 0.3) is 0 Å². The Kier molecular flexibility index (Phi) is 6.11. The molecule has 7 heteroatoms. The van der Waals surface area contributed by atoms with E-state index >= 15 is 0 Å². The Balaban J connectivity index is 1.57. The molecule has 1 fully saturated rings. The molecule has 3 aromatic rings. The van der Waals surface area contributed by atoms with Crippen molar-refractivity contribution in [1.82, 2.24) is 9.97 Å². The van der Waals surface area contributed by atoms with Gasteiger partial charge in [0.2, 0.25) is 5.95 Å². The van der Waals surface area contributed by atoms with E-state index in [1.54, 1.807) is 0 Å². The molecule has 0 aliphatic heterocycles. The first-order chi connectivity index (χ1) is 14.9. The summed E-state index contributed by atoms with van der Waals surface area (Å²) in [6.07, 6.45) is 1.97. The number of alkyl halides is 3. The second-order valence-corrected chi connectivity index (χ2v) is 7.86. The number of nitrogens with zero attached hydrogens (tertiary/aromatic N) is 2. The Hall–Kier alpha value is -3.09. The van der Waals surface area contributed by atoms with Gasteiger partial charge in [-0.1, -0.05) is 44.0 Å². The second kappa shape index (κ2) is 8.96. The van der Waals surface area contributed by atoms with Gasteiger partial charge in [0, 0.05) is 17.6 Å². The van der Waals surface area contributed by atoms with Gasteiger partial charge in [0.05, 0.1) is 0 Å². The van der Waals surface area contributed by atoms with Gasteiger partial charge in [-0.15, -0.1) is 0 Å². The van der Waals surface area contributed by atoms with Crippen molar-refractivity contribution < 1.29 is 13.2 Å². The molecule has 1 heterocycles. The van der Waals surface area contributed by atoms with Crippen LogP contribution in [0.15, 0.2) is 54.7 Å².